The first kappa shape index (κ1) is 10.9. The zero-order valence-electron chi connectivity index (χ0n) is 7.69. The number of nitrogens with two attached hydrogens (primary N) is 1. The largest absolute Gasteiger partial charge is 0.323 e. The van der Waals surface area contributed by atoms with E-state index in [2.05, 4.69) is 10.7 Å². The molecule has 0 unspecified atom stereocenters. The second kappa shape index (κ2) is 7.98. The minimum absolute atomic E-state index is 0.615. The molecule has 3 heteroatoms. The number of hydrogen-bond acceptors (Lipinski definition) is 3. The summed E-state index contributed by atoms with van der Waals surface area (Å²) in [5, 5.41) is 2.75. The van der Waals surface area contributed by atoms with E-state index in [1.165, 1.54) is 32.1 Å². The maximum absolute atomic E-state index is 5.25. The zero-order chi connectivity index (χ0) is 8.53. The van der Waals surface area contributed by atoms with Crippen molar-refractivity contribution in [3.05, 3.63) is 0 Å². The molecule has 0 amide bonds. The van der Waals surface area contributed by atoms with E-state index in [1.807, 2.05) is 14.1 Å². The summed E-state index contributed by atoms with van der Waals surface area (Å²) in [6, 6.07) is 0.615. The lowest BCUT2D eigenvalue weighted by atomic mass is 9.96. The molecule has 0 saturated heterocycles. The molecule has 0 aromatic rings. The Labute approximate surface area is 69.7 Å². The van der Waals surface area contributed by atoms with Gasteiger partial charge >= 0.3 is 0 Å². The van der Waals surface area contributed by atoms with Crippen LogP contribution in [0.1, 0.15) is 32.1 Å². The molecule has 3 nitrogen and oxygen atoms in total. The Balaban J connectivity index is 0.000000292. The lowest BCUT2D eigenvalue weighted by molar-refractivity contribution is 0.379. The van der Waals surface area contributed by atoms with E-state index in [4.69, 9.17) is 5.84 Å². The van der Waals surface area contributed by atoms with Crippen LogP contribution in [0.3, 0.4) is 0 Å². The minimum atomic E-state index is 0.615. The molecule has 0 aliphatic heterocycles. The molecule has 1 aliphatic carbocycles. The topological polar surface area (TPSA) is 50.1 Å². The molecule has 0 atom stereocenters. The fourth-order valence-corrected chi connectivity index (χ4v) is 1.27. The van der Waals surface area contributed by atoms with Crippen molar-refractivity contribution in [3.8, 4) is 0 Å². The molecule has 1 saturated carbocycles. The van der Waals surface area contributed by atoms with Gasteiger partial charge in [0, 0.05) is 6.04 Å². The van der Waals surface area contributed by atoms with Crippen LogP contribution in [0.15, 0.2) is 0 Å². The molecule has 11 heavy (non-hydrogen) atoms. The van der Waals surface area contributed by atoms with E-state index in [-0.39, 0.29) is 0 Å². The molecule has 1 fully saturated rings. The van der Waals surface area contributed by atoms with Gasteiger partial charge in [0.05, 0.1) is 0 Å². The Kier molecular flexibility index (Phi) is 7.89. The predicted molar refractivity (Wildman–Crippen MR) is 49.2 cm³/mol. The van der Waals surface area contributed by atoms with Gasteiger partial charge in [-0.15, -0.1) is 0 Å². The smallest absolute Gasteiger partial charge is 0.0210 e. The Morgan fingerprint density at radius 2 is 1.55 bits per heavy atom. The first-order valence-electron chi connectivity index (χ1n) is 4.39. The van der Waals surface area contributed by atoms with Crippen LogP contribution in [-0.2, 0) is 0 Å². The van der Waals surface area contributed by atoms with Crippen LogP contribution in [0, 0.1) is 0 Å². The van der Waals surface area contributed by atoms with Gasteiger partial charge in [0.1, 0.15) is 0 Å². The van der Waals surface area contributed by atoms with Crippen LogP contribution in [0.25, 0.3) is 0 Å². The van der Waals surface area contributed by atoms with Gasteiger partial charge in [0.25, 0.3) is 0 Å². The van der Waals surface area contributed by atoms with Crippen LogP contribution in [-0.4, -0.2) is 20.1 Å². The highest BCUT2D eigenvalue weighted by Gasteiger charge is 2.09. The highest BCUT2D eigenvalue weighted by Crippen LogP contribution is 2.16. The van der Waals surface area contributed by atoms with Crippen molar-refractivity contribution >= 4 is 0 Å². The van der Waals surface area contributed by atoms with E-state index in [0.29, 0.717) is 6.04 Å². The lowest BCUT2D eigenvalue weighted by Crippen LogP contribution is -2.36. The number of nitrogens with one attached hydrogen (secondary N) is 2. The molecule has 0 bridgehead atoms. The Bertz CT molecular complexity index is 69.7. The minimum Gasteiger partial charge on any atom is -0.323 e. The van der Waals surface area contributed by atoms with Crippen LogP contribution >= 0.6 is 0 Å². The number of rotatable bonds is 1. The first-order valence-corrected chi connectivity index (χ1v) is 4.39. The average molecular weight is 159 g/mol. The van der Waals surface area contributed by atoms with E-state index in [9.17, 15) is 0 Å². The van der Waals surface area contributed by atoms with Crippen molar-refractivity contribution in [2.45, 2.75) is 38.1 Å². The van der Waals surface area contributed by atoms with Gasteiger partial charge in [-0.1, -0.05) is 19.3 Å². The standard InChI is InChI=1S/C6H14N2.C2H7N/c7-8-6-4-2-1-3-5-6;1-3-2/h6,8H,1-5,7H2;3H,1-2H3. The maximum atomic E-state index is 5.25. The summed E-state index contributed by atoms with van der Waals surface area (Å²) in [6.07, 6.45) is 6.66. The molecule has 68 valence electrons. The van der Waals surface area contributed by atoms with Gasteiger partial charge in [-0.25, -0.2) is 0 Å². The molecule has 0 radical (unpaired) electrons. The van der Waals surface area contributed by atoms with E-state index in [0.717, 1.165) is 0 Å². The summed E-state index contributed by atoms with van der Waals surface area (Å²) in [4.78, 5) is 0. The summed E-state index contributed by atoms with van der Waals surface area (Å²) in [5.41, 5.74) is 2.80. The fraction of sp³-hybridized carbons (Fsp3) is 1.00. The highest BCUT2D eigenvalue weighted by molar-refractivity contribution is 4.68. The number of hydrazine groups is 1. The first-order chi connectivity index (χ1) is 5.35. The third-order valence-electron chi connectivity index (χ3n) is 1.84. The molecule has 1 aliphatic rings. The summed E-state index contributed by atoms with van der Waals surface area (Å²) in [5.74, 6) is 5.25. The van der Waals surface area contributed by atoms with E-state index >= 15 is 0 Å². The molecule has 0 spiro atoms. The SMILES string of the molecule is CNC.NNC1CCCCC1. The molecule has 1 rings (SSSR count). The van der Waals surface area contributed by atoms with Crippen molar-refractivity contribution in [1.29, 1.82) is 0 Å². The monoisotopic (exact) mass is 159 g/mol. The van der Waals surface area contributed by atoms with Crippen LogP contribution in [0.4, 0.5) is 0 Å². The fourth-order valence-electron chi connectivity index (χ4n) is 1.27. The van der Waals surface area contributed by atoms with E-state index < -0.39 is 0 Å². The summed E-state index contributed by atoms with van der Waals surface area (Å²) >= 11 is 0. The molecule has 0 heterocycles. The van der Waals surface area contributed by atoms with Crippen molar-refractivity contribution in [1.82, 2.24) is 10.7 Å². The van der Waals surface area contributed by atoms with Crippen molar-refractivity contribution in [3.63, 3.8) is 0 Å². The van der Waals surface area contributed by atoms with Crippen molar-refractivity contribution in [2.24, 2.45) is 5.84 Å². The highest BCUT2D eigenvalue weighted by atomic mass is 15.2. The van der Waals surface area contributed by atoms with Crippen LogP contribution in [0.5, 0.6) is 0 Å². The van der Waals surface area contributed by atoms with Gasteiger partial charge in [-0.05, 0) is 26.9 Å². The van der Waals surface area contributed by atoms with Crippen LogP contribution < -0.4 is 16.6 Å². The van der Waals surface area contributed by atoms with Crippen LogP contribution in [0.2, 0.25) is 0 Å². The second-order valence-electron chi connectivity index (χ2n) is 3.00. The van der Waals surface area contributed by atoms with Crippen molar-refractivity contribution in [2.75, 3.05) is 14.1 Å². The molecular weight excluding hydrogens is 138 g/mol. The van der Waals surface area contributed by atoms with Crippen molar-refractivity contribution < 1.29 is 0 Å². The van der Waals surface area contributed by atoms with Gasteiger partial charge in [-0.2, -0.15) is 0 Å². The third kappa shape index (κ3) is 6.28. The van der Waals surface area contributed by atoms with Gasteiger partial charge in [-0.3, -0.25) is 11.3 Å². The summed E-state index contributed by atoms with van der Waals surface area (Å²) < 4.78 is 0. The normalized spacial score (nSPS) is 18.8. The molecular formula is C8H21N3. The molecule has 0 aromatic carbocycles. The Morgan fingerprint density at radius 3 is 1.82 bits per heavy atom. The molecule has 0 aromatic heterocycles. The summed E-state index contributed by atoms with van der Waals surface area (Å²) in [6.45, 7) is 0. The second-order valence-corrected chi connectivity index (χ2v) is 3.00. The zero-order valence-corrected chi connectivity index (χ0v) is 7.69. The van der Waals surface area contributed by atoms with Gasteiger partial charge < -0.3 is 5.32 Å². The molecule has 4 N–H and O–H groups in total. The average Bonchev–Trinajstić information content (AvgIpc) is 2.08. The number of hydrogen-bond donors (Lipinski definition) is 3. The lowest BCUT2D eigenvalue weighted by Gasteiger charge is -2.19. The van der Waals surface area contributed by atoms with Gasteiger partial charge in [0.15, 0.2) is 0 Å². The van der Waals surface area contributed by atoms with Gasteiger partial charge in [0.2, 0.25) is 0 Å². The summed E-state index contributed by atoms with van der Waals surface area (Å²) in [7, 11) is 3.75. The third-order valence-corrected chi connectivity index (χ3v) is 1.84. The maximum Gasteiger partial charge on any atom is 0.0210 e. The quantitative estimate of drug-likeness (QED) is 0.388. The Hall–Kier alpha value is -0.120. The predicted octanol–water partition coefficient (Wildman–Crippen LogP) is 0.618. The van der Waals surface area contributed by atoms with E-state index in [1.54, 1.807) is 0 Å². The Morgan fingerprint density at radius 1 is 1.09 bits per heavy atom.